The lowest BCUT2D eigenvalue weighted by atomic mass is 9.55. The van der Waals surface area contributed by atoms with E-state index < -0.39 is 31.8 Å². The largest absolute Gasteiger partial charge is 0.508 e. The minimum absolute atomic E-state index is 0.0905. The van der Waals surface area contributed by atoms with Gasteiger partial charge in [-0.2, -0.15) is 0 Å². The van der Waals surface area contributed by atoms with Gasteiger partial charge in [-0.25, -0.2) is 0 Å². The summed E-state index contributed by atoms with van der Waals surface area (Å²) in [5, 5.41) is 14.7. The molecule has 0 amide bonds. The van der Waals surface area contributed by atoms with Gasteiger partial charge in [-0.3, -0.25) is 9.59 Å². The summed E-state index contributed by atoms with van der Waals surface area (Å²) in [6.07, 6.45) is 1.12. The van der Waals surface area contributed by atoms with Crippen molar-refractivity contribution >= 4 is 25.7 Å². The van der Waals surface area contributed by atoms with Crippen molar-refractivity contribution in [1.82, 2.24) is 0 Å². The molecule has 2 aromatic carbocycles. The third-order valence-corrected chi connectivity index (χ3v) is 8.93. The number of carbonyl (C=O) groups excluding carboxylic acids is 2. The minimum Gasteiger partial charge on any atom is -0.508 e. The second-order valence-corrected chi connectivity index (χ2v) is 17.0. The maximum atomic E-state index is 13.5. The fraction of sp³-hybridized carbons (Fsp3) is 0.500. The number of hydrogen-bond donors (Lipinski definition) is 1. The number of esters is 2. The second kappa shape index (κ2) is 12.7. The molecule has 39 heavy (non-hydrogen) atoms. The first-order chi connectivity index (χ1) is 18.7. The number of ether oxygens (including phenoxy) is 3. The van der Waals surface area contributed by atoms with Crippen LogP contribution in [-0.2, 0) is 23.9 Å². The van der Waals surface area contributed by atoms with Crippen LogP contribution in [0.4, 0.5) is 0 Å². The molecule has 9 heteroatoms. The summed E-state index contributed by atoms with van der Waals surface area (Å²) in [6, 6.07) is 15.4. The molecule has 0 spiro atoms. The number of carbonyl (C=O) groups is 2. The molecule has 3 aliphatic carbocycles. The summed E-state index contributed by atoms with van der Waals surface area (Å²) in [5.41, 5.74) is 2.36. The summed E-state index contributed by atoms with van der Waals surface area (Å²) in [4.78, 5) is 32.6. The van der Waals surface area contributed by atoms with Gasteiger partial charge >= 0.3 is 11.9 Å². The van der Waals surface area contributed by atoms with E-state index in [1.54, 1.807) is 12.1 Å². The number of oxime groups is 1. The van der Waals surface area contributed by atoms with Crippen molar-refractivity contribution in [3.8, 4) is 11.5 Å². The SMILES string of the molecule is CCCOC(=O)[C@H]1[C@H](C(=O)OCC[Si](C)(C)C)C2CC(=NOCCOc3ccccc3)[C@H]1c1cc(O)ccc12. The Morgan fingerprint density at radius 2 is 1.64 bits per heavy atom. The first kappa shape index (κ1) is 28.7. The molecule has 210 valence electrons. The molecule has 0 aliphatic heterocycles. The van der Waals surface area contributed by atoms with Crippen LogP contribution >= 0.6 is 0 Å². The first-order valence-electron chi connectivity index (χ1n) is 13.7. The highest BCUT2D eigenvalue weighted by molar-refractivity contribution is 6.76. The van der Waals surface area contributed by atoms with Crippen LogP contribution in [0, 0.1) is 11.8 Å². The normalized spacial score (nSPS) is 22.7. The minimum atomic E-state index is -1.41. The van der Waals surface area contributed by atoms with Crippen LogP contribution in [0.3, 0.4) is 0 Å². The second-order valence-electron chi connectivity index (χ2n) is 11.4. The predicted molar refractivity (Wildman–Crippen MR) is 151 cm³/mol. The molecular weight excluding hydrogens is 514 g/mol. The summed E-state index contributed by atoms with van der Waals surface area (Å²) in [7, 11) is -1.41. The molecule has 3 aliphatic rings. The van der Waals surface area contributed by atoms with Gasteiger partial charge in [-0.05, 0) is 54.3 Å². The molecule has 4 atom stereocenters. The standard InChI is InChI=1S/C30H39NO7Si/c1-5-13-36-30(34)28-26-23-18-20(32)11-12-22(23)24(27(28)29(33)37-16-17-39(2,3)4)19-25(26)31-38-15-14-35-21-9-7-6-8-10-21/h6-12,18,24,26-28,32H,5,13-17,19H2,1-4H3/t24?,26-,27-,28-/m1/s1. The molecule has 8 nitrogen and oxygen atoms in total. The van der Waals surface area contributed by atoms with Gasteiger partial charge in [0.05, 0.1) is 30.8 Å². The van der Waals surface area contributed by atoms with E-state index in [2.05, 4.69) is 24.8 Å². The zero-order valence-electron chi connectivity index (χ0n) is 23.2. The Balaban J connectivity index is 1.58. The average Bonchev–Trinajstić information content (AvgIpc) is 2.90. The molecule has 2 aromatic rings. The van der Waals surface area contributed by atoms with Gasteiger partial charge < -0.3 is 24.2 Å². The molecule has 2 bridgehead atoms. The summed E-state index contributed by atoms with van der Waals surface area (Å²) < 4.78 is 17.0. The van der Waals surface area contributed by atoms with Gasteiger partial charge in [0.2, 0.25) is 0 Å². The van der Waals surface area contributed by atoms with Crippen LogP contribution in [0.5, 0.6) is 11.5 Å². The zero-order valence-corrected chi connectivity index (χ0v) is 24.2. The monoisotopic (exact) mass is 553 g/mol. The lowest BCUT2D eigenvalue weighted by Crippen LogP contribution is -2.51. The lowest BCUT2D eigenvalue weighted by molar-refractivity contribution is -0.163. The quantitative estimate of drug-likeness (QED) is 0.160. The van der Waals surface area contributed by atoms with E-state index in [1.165, 1.54) is 0 Å². The van der Waals surface area contributed by atoms with Gasteiger partial charge in [-0.15, -0.1) is 0 Å². The number of fused-ring (bicyclic) bond motifs is 2. The van der Waals surface area contributed by atoms with Crippen LogP contribution in [0.15, 0.2) is 53.7 Å². The number of hydrogen-bond acceptors (Lipinski definition) is 8. The molecule has 1 unspecified atom stereocenters. The maximum absolute atomic E-state index is 13.5. The molecule has 1 N–H and O–H groups in total. The average molecular weight is 554 g/mol. The molecule has 0 saturated heterocycles. The molecular formula is C30H39NO7Si. The van der Waals surface area contributed by atoms with Crippen molar-refractivity contribution in [3.05, 3.63) is 59.7 Å². The number of para-hydroxylation sites is 1. The number of phenols is 1. The third-order valence-electron chi connectivity index (χ3n) is 7.23. The van der Waals surface area contributed by atoms with Gasteiger partial charge in [0.15, 0.2) is 6.61 Å². The van der Waals surface area contributed by atoms with Crippen LogP contribution in [0.1, 0.15) is 42.7 Å². The number of nitrogens with zero attached hydrogens (tertiary/aromatic N) is 1. The topological polar surface area (TPSA) is 104 Å². The number of rotatable bonds is 12. The van der Waals surface area contributed by atoms with Crippen molar-refractivity contribution in [3.63, 3.8) is 0 Å². The molecule has 1 fully saturated rings. The zero-order chi connectivity index (χ0) is 28.0. The van der Waals surface area contributed by atoms with Crippen LogP contribution < -0.4 is 4.74 Å². The molecule has 0 radical (unpaired) electrons. The van der Waals surface area contributed by atoms with E-state index in [0.29, 0.717) is 31.8 Å². The highest BCUT2D eigenvalue weighted by Crippen LogP contribution is 2.55. The van der Waals surface area contributed by atoms with E-state index in [1.807, 2.05) is 43.3 Å². The Kier molecular flexibility index (Phi) is 9.32. The molecule has 1 saturated carbocycles. The Bertz CT molecular complexity index is 1180. The van der Waals surface area contributed by atoms with Gasteiger partial charge in [0.1, 0.15) is 18.1 Å². The van der Waals surface area contributed by atoms with Crippen molar-refractivity contribution in [1.29, 1.82) is 0 Å². The molecule has 0 heterocycles. The lowest BCUT2D eigenvalue weighted by Gasteiger charge is -2.47. The Morgan fingerprint density at radius 3 is 2.36 bits per heavy atom. The summed E-state index contributed by atoms with van der Waals surface area (Å²) in [5.74, 6) is -2.41. The number of phenolic OH excluding ortho intramolecular Hbond substituents is 1. The maximum Gasteiger partial charge on any atom is 0.310 e. The van der Waals surface area contributed by atoms with Gasteiger partial charge in [-0.1, -0.05) is 56.0 Å². The summed E-state index contributed by atoms with van der Waals surface area (Å²) >= 11 is 0. The van der Waals surface area contributed by atoms with Gasteiger partial charge in [0.25, 0.3) is 0 Å². The van der Waals surface area contributed by atoms with E-state index in [-0.39, 0.29) is 30.9 Å². The predicted octanol–water partition coefficient (Wildman–Crippen LogP) is 5.50. The number of benzene rings is 2. The van der Waals surface area contributed by atoms with E-state index in [4.69, 9.17) is 19.0 Å². The molecule has 0 aromatic heterocycles. The Morgan fingerprint density at radius 1 is 0.923 bits per heavy atom. The van der Waals surface area contributed by atoms with E-state index >= 15 is 0 Å². The van der Waals surface area contributed by atoms with Crippen LogP contribution in [0.25, 0.3) is 0 Å². The Labute approximate surface area is 231 Å². The third kappa shape index (κ3) is 7.01. The fourth-order valence-corrected chi connectivity index (χ4v) is 6.09. The van der Waals surface area contributed by atoms with Gasteiger partial charge in [0, 0.05) is 19.9 Å². The van der Waals surface area contributed by atoms with E-state index in [9.17, 15) is 14.7 Å². The Hall–Kier alpha value is -3.33. The van der Waals surface area contributed by atoms with E-state index in [0.717, 1.165) is 22.9 Å². The smallest absolute Gasteiger partial charge is 0.310 e. The van der Waals surface area contributed by atoms with Crippen molar-refractivity contribution in [2.24, 2.45) is 17.0 Å². The highest BCUT2D eigenvalue weighted by atomic mass is 28.3. The van der Waals surface area contributed by atoms with Crippen molar-refractivity contribution in [2.75, 3.05) is 26.4 Å². The van der Waals surface area contributed by atoms with Crippen molar-refractivity contribution < 1.29 is 33.7 Å². The van der Waals surface area contributed by atoms with Crippen LogP contribution in [-0.4, -0.2) is 57.3 Å². The van der Waals surface area contributed by atoms with Crippen LogP contribution in [0.2, 0.25) is 25.7 Å². The summed E-state index contributed by atoms with van der Waals surface area (Å²) in [6.45, 7) is 9.73. The fourth-order valence-electron chi connectivity index (χ4n) is 5.37. The van der Waals surface area contributed by atoms with Crippen molar-refractivity contribution in [2.45, 2.75) is 57.3 Å². The highest BCUT2D eigenvalue weighted by Gasteiger charge is 2.57. The molecule has 5 rings (SSSR count). The first-order valence-corrected chi connectivity index (χ1v) is 17.4. The number of aromatic hydroxyl groups is 1.